The van der Waals surface area contributed by atoms with E-state index in [0.717, 1.165) is 50.4 Å². The normalized spacial score (nSPS) is 27.0. The molecule has 2 saturated heterocycles. The highest BCUT2D eigenvalue weighted by atomic mass is 16.5. The molecule has 0 spiro atoms. The van der Waals surface area contributed by atoms with Crippen molar-refractivity contribution in [1.82, 2.24) is 9.80 Å². The van der Waals surface area contributed by atoms with Crippen LogP contribution in [-0.4, -0.2) is 66.4 Å². The van der Waals surface area contributed by atoms with Gasteiger partial charge in [-0.3, -0.25) is 9.80 Å². The van der Waals surface area contributed by atoms with Crippen molar-refractivity contribution in [2.45, 2.75) is 69.7 Å². The predicted octanol–water partition coefficient (Wildman–Crippen LogP) is 3.05. The zero-order chi connectivity index (χ0) is 18.6. The van der Waals surface area contributed by atoms with Crippen molar-refractivity contribution in [3.05, 3.63) is 23.8 Å². The molecule has 0 aromatic heterocycles. The third-order valence-electron chi connectivity index (χ3n) is 6.58. The topological polar surface area (TPSA) is 45.2 Å². The first kappa shape index (κ1) is 19.0. The number of rotatable bonds is 7. The van der Waals surface area contributed by atoms with E-state index in [0.29, 0.717) is 18.2 Å². The molecule has 1 aliphatic carbocycles. The minimum absolute atomic E-state index is 0.261. The van der Waals surface area contributed by atoms with Gasteiger partial charge in [-0.15, -0.1) is 0 Å². The van der Waals surface area contributed by atoms with Gasteiger partial charge < -0.3 is 14.6 Å². The Hall–Kier alpha value is -1.30. The first-order chi connectivity index (χ1) is 13.3. The Morgan fingerprint density at radius 2 is 1.93 bits per heavy atom. The lowest BCUT2D eigenvalue weighted by Crippen LogP contribution is -2.55. The van der Waals surface area contributed by atoms with Crippen LogP contribution in [0.3, 0.4) is 0 Å². The summed E-state index contributed by atoms with van der Waals surface area (Å²) in [4.78, 5) is 5.19. The van der Waals surface area contributed by atoms with Crippen LogP contribution in [-0.2, 0) is 6.54 Å². The highest BCUT2D eigenvalue weighted by Gasteiger charge is 2.35. The Labute approximate surface area is 163 Å². The summed E-state index contributed by atoms with van der Waals surface area (Å²) in [5.41, 5.74) is 1.26. The number of aliphatic hydroxyl groups is 1. The Bertz CT molecular complexity index is 618. The maximum Gasteiger partial charge on any atom is 0.161 e. The number of nitrogens with zero attached hydrogens (tertiary/aromatic N) is 2. The molecule has 1 unspecified atom stereocenters. The zero-order valence-corrected chi connectivity index (χ0v) is 16.6. The Morgan fingerprint density at radius 1 is 1.07 bits per heavy atom. The maximum atomic E-state index is 9.52. The monoisotopic (exact) mass is 374 g/mol. The molecule has 0 bridgehead atoms. The molecule has 1 saturated carbocycles. The van der Waals surface area contributed by atoms with Gasteiger partial charge in [0, 0.05) is 38.3 Å². The molecule has 3 aliphatic rings. The first-order valence-corrected chi connectivity index (χ1v) is 10.7. The number of hydrogen-bond donors (Lipinski definition) is 1. The van der Waals surface area contributed by atoms with Gasteiger partial charge in [-0.05, 0) is 69.2 Å². The number of benzene rings is 1. The highest BCUT2D eigenvalue weighted by Crippen LogP contribution is 2.33. The summed E-state index contributed by atoms with van der Waals surface area (Å²) >= 11 is 0. The van der Waals surface area contributed by atoms with Crippen molar-refractivity contribution in [3.63, 3.8) is 0 Å². The van der Waals surface area contributed by atoms with E-state index in [2.05, 4.69) is 28.0 Å². The minimum Gasteiger partial charge on any atom is -0.493 e. The Morgan fingerprint density at radius 3 is 2.70 bits per heavy atom. The lowest BCUT2D eigenvalue weighted by Gasteiger charge is -2.43. The fourth-order valence-corrected chi connectivity index (χ4v) is 5.09. The van der Waals surface area contributed by atoms with Crippen molar-refractivity contribution in [2.24, 2.45) is 0 Å². The molecule has 1 N–H and O–H groups in total. The van der Waals surface area contributed by atoms with Crippen LogP contribution < -0.4 is 9.47 Å². The number of ether oxygens (including phenoxy) is 2. The van der Waals surface area contributed by atoms with Gasteiger partial charge >= 0.3 is 0 Å². The van der Waals surface area contributed by atoms with Gasteiger partial charge in [0.05, 0.1) is 13.2 Å². The molecule has 3 fully saturated rings. The lowest BCUT2D eigenvalue weighted by molar-refractivity contribution is 0.0333. The van der Waals surface area contributed by atoms with E-state index in [9.17, 15) is 5.11 Å². The summed E-state index contributed by atoms with van der Waals surface area (Å²) in [5, 5.41) is 9.52. The second-order valence-corrected chi connectivity index (χ2v) is 8.40. The number of methoxy groups -OCH3 is 1. The number of aliphatic hydroxyl groups excluding tert-OH is 1. The standard InChI is InChI=1S/C22H34N2O3/c1-26-22-13-17(8-9-21(22)27-20-6-2-3-7-20)14-24-16-18-5-4-11-23(18)15-19(24)10-12-25/h8-9,13,18-20,25H,2-7,10-12,14-16H2,1H3/t18?,19-/m0/s1. The molecular formula is C22H34N2O3. The quantitative estimate of drug-likeness (QED) is 0.795. The SMILES string of the molecule is COc1cc(CN2CC3CCCN3C[C@@H]2CCO)ccc1OC1CCCC1. The maximum absolute atomic E-state index is 9.52. The van der Waals surface area contributed by atoms with Crippen LogP contribution >= 0.6 is 0 Å². The van der Waals surface area contributed by atoms with Crippen LogP contribution in [0.25, 0.3) is 0 Å². The van der Waals surface area contributed by atoms with Gasteiger partial charge in [0.15, 0.2) is 11.5 Å². The Balaban J connectivity index is 1.45. The smallest absolute Gasteiger partial charge is 0.161 e. The summed E-state index contributed by atoms with van der Waals surface area (Å²) in [7, 11) is 1.73. The van der Waals surface area contributed by atoms with Crippen molar-refractivity contribution >= 4 is 0 Å². The number of hydrogen-bond acceptors (Lipinski definition) is 5. The minimum atomic E-state index is 0.261. The molecular weight excluding hydrogens is 340 g/mol. The fourth-order valence-electron chi connectivity index (χ4n) is 5.09. The summed E-state index contributed by atoms with van der Waals surface area (Å²) in [5.74, 6) is 1.72. The fraction of sp³-hybridized carbons (Fsp3) is 0.727. The van der Waals surface area contributed by atoms with Crippen molar-refractivity contribution < 1.29 is 14.6 Å². The highest BCUT2D eigenvalue weighted by molar-refractivity contribution is 5.43. The molecule has 27 heavy (non-hydrogen) atoms. The second kappa shape index (κ2) is 8.80. The van der Waals surface area contributed by atoms with E-state index in [1.54, 1.807) is 7.11 Å². The van der Waals surface area contributed by atoms with E-state index in [1.807, 2.05) is 0 Å². The number of piperazine rings is 1. The molecule has 4 rings (SSSR count). The van der Waals surface area contributed by atoms with Crippen LogP contribution in [0.15, 0.2) is 18.2 Å². The summed E-state index contributed by atoms with van der Waals surface area (Å²) in [6, 6.07) is 7.53. The summed E-state index contributed by atoms with van der Waals surface area (Å²) < 4.78 is 11.8. The van der Waals surface area contributed by atoms with Crippen molar-refractivity contribution in [1.29, 1.82) is 0 Å². The molecule has 2 atom stereocenters. The molecule has 2 heterocycles. The Kier molecular flexibility index (Phi) is 6.21. The van der Waals surface area contributed by atoms with E-state index in [4.69, 9.17) is 9.47 Å². The molecule has 150 valence electrons. The second-order valence-electron chi connectivity index (χ2n) is 8.40. The van der Waals surface area contributed by atoms with Crippen molar-refractivity contribution in [3.8, 4) is 11.5 Å². The molecule has 5 heteroatoms. The summed E-state index contributed by atoms with van der Waals surface area (Å²) in [6.45, 7) is 4.59. The third-order valence-corrected chi connectivity index (χ3v) is 6.58. The number of fused-ring (bicyclic) bond motifs is 1. The van der Waals surface area contributed by atoms with Crippen LogP contribution in [0.5, 0.6) is 11.5 Å². The zero-order valence-electron chi connectivity index (χ0n) is 16.6. The lowest BCUT2D eigenvalue weighted by atomic mass is 10.0. The van der Waals surface area contributed by atoms with Crippen LogP contribution in [0.2, 0.25) is 0 Å². The van der Waals surface area contributed by atoms with Crippen LogP contribution in [0.4, 0.5) is 0 Å². The van der Waals surface area contributed by atoms with E-state index in [1.165, 1.54) is 37.8 Å². The van der Waals surface area contributed by atoms with Gasteiger partial charge in [-0.1, -0.05) is 6.07 Å². The molecule has 5 nitrogen and oxygen atoms in total. The first-order valence-electron chi connectivity index (χ1n) is 10.7. The van der Waals surface area contributed by atoms with Gasteiger partial charge in [-0.2, -0.15) is 0 Å². The molecule has 1 aromatic rings. The van der Waals surface area contributed by atoms with Crippen LogP contribution in [0, 0.1) is 0 Å². The van der Waals surface area contributed by atoms with E-state index < -0.39 is 0 Å². The van der Waals surface area contributed by atoms with Gasteiger partial charge in [-0.25, -0.2) is 0 Å². The van der Waals surface area contributed by atoms with Gasteiger partial charge in [0.2, 0.25) is 0 Å². The summed E-state index contributed by atoms with van der Waals surface area (Å²) in [6.07, 6.45) is 8.65. The van der Waals surface area contributed by atoms with Crippen LogP contribution in [0.1, 0.15) is 50.5 Å². The third kappa shape index (κ3) is 4.41. The molecule has 0 amide bonds. The van der Waals surface area contributed by atoms with Crippen molar-refractivity contribution in [2.75, 3.05) is 33.4 Å². The van der Waals surface area contributed by atoms with E-state index in [-0.39, 0.29) is 6.61 Å². The molecule has 2 aliphatic heterocycles. The molecule has 1 aromatic carbocycles. The van der Waals surface area contributed by atoms with Gasteiger partial charge in [0.1, 0.15) is 0 Å². The van der Waals surface area contributed by atoms with E-state index >= 15 is 0 Å². The average molecular weight is 375 g/mol. The predicted molar refractivity (Wildman–Crippen MR) is 106 cm³/mol. The molecule has 0 radical (unpaired) electrons. The average Bonchev–Trinajstić information content (AvgIpc) is 3.35. The largest absolute Gasteiger partial charge is 0.493 e. The van der Waals surface area contributed by atoms with Gasteiger partial charge in [0.25, 0.3) is 0 Å².